The van der Waals surface area contributed by atoms with Crippen LogP contribution in [-0.2, 0) is 4.74 Å². The van der Waals surface area contributed by atoms with Gasteiger partial charge in [0.25, 0.3) is 0 Å². The van der Waals surface area contributed by atoms with Crippen LogP contribution in [0.4, 0.5) is 0 Å². The molecule has 4 heteroatoms. The van der Waals surface area contributed by atoms with E-state index in [0.717, 1.165) is 28.0 Å². The number of carbonyl (C=O) groups excluding carboxylic acids is 1. The second-order valence-corrected chi connectivity index (χ2v) is 5.90. The first-order valence-corrected chi connectivity index (χ1v) is 8.58. The number of pyridine rings is 1. The van der Waals surface area contributed by atoms with Crippen molar-refractivity contribution in [2.45, 2.75) is 6.92 Å². The summed E-state index contributed by atoms with van der Waals surface area (Å²) in [6.45, 7) is 2.12. The molecule has 0 N–H and O–H groups in total. The number of hydrogen-bond donors (Lipinski definition) is 0. The molecular weight excluding hydrogens is 324 g/mol. The fourth-order valence-corrected chi connectivity index (χ4v) is 3.06. The summed E-state index contributed by atoms with van der Waals surface area (Å²) in [7, 11) is 0. The topological polar surface area (TPSA) is 44.1 Å². The van der Waals surface area contributed by atoms with Crippen LogP contribution in [0.2, 0.25) is 0 Å². The van der Waals surface area contributed by atoms with Crippen molar-refractivity contribution in [2.75, 3.05) is 6.61 Å². The van der Waals surface area contributed by atoms with Crippen molar-refractivity contribution in [1.82, 2.24) is 9.55 Å². The Labute approximate surface area is 151 Å². The summed E-state index contributed by atoms with van der Waals surface area (Å²) in [4.78, 5) is 16.7. The molecule has 0 aliphatic carbocycles. The van der Waals surface area contributed by atoms with E-state index in [-0.39, 0.29) is 0 Å². The number of fused-ring (bicyclic) bond motifs is 1. The van der Waals surface area contributed by atoms with E-state index in [1.165, 1.54) is 0 Å². The van der Waals surface area contributed by atoms with Crippen LogP contribution in [0.3, 0.4) is 0 Å². The summed E-state index contributed by atoms with van der Waals surface area (Å²) in [6, 6.07) is 25.9. The molecule has 0 saturated heterocycles. The van der Waals surface area contributed by atoms with Gasteiger partial charge in [-0.25, -0.2) is 9.78 Å². The smallest absolute Gasteiger partial charge is 0.356 e. The van der Waals surface area contributed by atoms with Crippen LogP contribution < -0.4 is 0 Å². The van der Waals surface area contributed by atoms with Crippen LogP contribution in [0.25, 0.3) is 28.0 Å². The highest BCUT2D eigenvalue weighted by atomic mass is 16.5. The molecule has 0 bridgehead atoms. The lowest BCUT2D eigenvalue weighted by Gasteiger charge is -2.11. The van der Waals surface area contributed by atoms with E-state index in [4.69, 9.17) is 4.74 Å². The van der Waals surface area contributed by atoms with Gasteiger partial charge in [-0.05, 0) is 42.8 Å². The summed E-state index contributed by atoms with van der Waals surface area (Å²) < 4.78 is 7.18. The first-order valence-electron chi connectivity index (χ1n) is 8.58. The van der Waals surface area contributed by atoms with E-state index < -0.39 is 5.97 Å². The molecule has 4 rings (SSSR count). The third-order valence-corrected chi connectivity index (χ3v) is 4.22. The highest BCUT2D eigenvalue weighted by Crippen LogP contribution is 2.30. The number of aromatic nitrogens is 2. The van der Waals surface area contributed by atoms with E-state index in [0.29, 0.717) is 12.3 Å². The van der Waals surface area contributed by atoms with Crippen molar-refractivity contribution >= 4 is 17.0 Å². The molecule has 26 heavy (non-hydrogen) atoms. The molecule has 4 nitrogen and oxygen atoms in total. The number of rotatable bonds is 4. The molecule has 0 amide bonds. The summed E-state index contributed by atoms with van der Waals surface area (Å²) in [5, 5.41) is 0.973. The normalized spacial score (nSPS) is 10.8. The second-order valence-electron chi connectivity index (χ2n) is 5.90. The van der Waals surface area contributed by atoms with Gasteiger partial charge in [-0.15, -0.1) is 0 Å². The zero-order valence-electron chi connectivity index (χ0n) is 14.4. The van der Waals surface area contributed by atoms with E-state index in [9.17, 15) is 4.79 Å². The molecule has 2 aromatic carbocycles. The molecule has 0 spiro atoms. The maximum atomic E-state index is 12.1. The average molecular weight is 342 g/mol. The van der Waals surface area contributed by atoms with Gasteiger partial charge in [0, 0.05) is 11.1 Å². The number of hydrogen-bond acceptors (Lipinski definition) is 3. The quantitative estimate of drug-likeness (QED) is 0.497. The number of nitrogens with zero attached hydrogens (tertiary/aromatic N) is 2. The molecule has 0 atom stereocenters. The Morgan fingerprint density at radius 3 is 2.35 bits per heavy atom. The summed E-state index contributed by atoms with van der Waals surface area (Å²) in [5.41, 5.74) is 4.16. The van der Waals surface area contributed by atoms with Gasteiger partial charge in [0.05, 0.1) is 12.3 Å². The summed E-state index contributed by atoms with van der Waals surface area (Å²) in [5.74, 6) is -0.406. The maximum absolute atomic E-state index is 12.1. The summed E-state index contributed by atoms with van der Waals surface area (Å²) in [6.07, 6.45) is 0. The molecule has 0 saturated carbocycles. The molecule has 128 valence electrons. The zero-order valence-corrected chi connectivity index (χ0v) is 14.4. The second kappa shape index (κ2) is 6.84. The number of para-hydroxylation sites is 1. The number of esters is 1. The largest absolute Gasteiger partial charge is 0.461 e. The molecule has 2 heterocycles. The first kappa shape index (κ1) is 16.1. The van der Waals surface area contributed by atoms with Gasteiger partial charge < -0.3 is 4.74 Å². The van der Waals surface area contributed by atoms with Gasteiger partial charge in [-0.1, -0.05) is 48.5 Å². The Morgan fingerprint density at radius 1 is 0.962 bits per heavy atom. The van der Waals surface area contributed by atoms with Crippen LogP contribution in [0.15, 0.2) is 78.9 Å². The van der Waals surface area contributed by atoms with Gasteiger partial charge >= 0.3 is 5.97 Å². The standard InChI is InChI=1S/C22H18N2O2/c1-2-26-22(25)19-14-13-17-15-20(16-9-5-3-6-10-16)24(21(17)23-19)18-11-7-4-8-12-18/h3-15H,2H2,1H3. The lowest BCUT2D eigenvalue weighted by Crippen LogP contribution is -2.08. The Hall–Kier alpha value is -3.40. The van der Waals surface area contributed by atoms with Gasteiger partial charge in [-0.3, -0.25) is 4.57 Å². The van der Waals surface area contributed by atoms with Crippen LogP contribution in [0, 0.1) is 0 Å². The lowest BCUT2D eigenvalue weighted by molar-refractivity contribution is 0.0520. The SMILES string of the molecule is CCOC(=O)c1ccc2cc(-c3ccccc3)n(-c3ccccc3)c2n1. The molecule has 0 aliphatic rings. The molecule has 0 unspecified atom stereocenters. The third kappa shape index (κ3) is 2.86. The van der Waals surface area contributed by atoms with Crippen LogP contribution >= 0.6 is 0 Å². The van der Waals surface area contributed by atoms with Crippen molar-refractivity contribution in [3.63, 3.8) is 0 Å². The Morgan fingerprint density at radius 2 is 1.65 bits per heavy atom. The van der Waals surface area contributed by atoms with Crippen molar-refractivity contribution < 1.29 is 9.53 Å². The highest BCUT2D eigenvalue weighted by molar-refractivity contribution is 5.93. The fourth-order valence-electron chi connectivity index (χ4n) is 3.06. The predicted octanol–water partition coefficient (Wildman–Crippen LogP) is 4.87. The molecule has 0 radical (unpaired) electrons. The van der Waals surface area contributed by atoms with Crippen molar-refractivity contribution in [2.24, 2.45) is 0 Å². The predicted molar refractivity (Wildman–Crippen MR) is 102 cm³/mol. The van der Waals surface area contributed by atoms with Gasteiger partial charge in [0.1, 0.15) is 5.65 Å². The Bertz CT molecular complexity index is 1050. The summed E-state index contributed by atoms with van der Waals surface area (Å²) >= 11 is 0. The van der Waals surface area contributed by atoms with Gasteiger partial charge in [0.2, 0.25) is 0 Å². The van der Waals surface area contributed by atoms with Crippen molar-refractivity contribution in [3.05, 3.63) is 84.6 Å². The minimum absolute atomic E-state index is 0.314. The molecule has 2 aromatic heterocycles. The maximum Gasteiger partial charge on any atom is 0.356 e. The Kier molecular flexibility index (Phi) is 4.23. The third-order valence-electron chi connectivity index (χ3n) is 4.22. The molecular formula is C22H18N2O2. The van der Waals surface area contributed by atoms with Crippen molar-refractivity contribution in [1.29, 1.82) is 0 Å². The molecule has 0 fully saturated rings. The first-order chi connectivity index (χ1) is 12.8. The fraction of sp³-hybridized carbons (Fsp3) is 0.0909. The van der Waals surface area contributed by atoms with Gasteiger partial charge in [-0.2, -0.15) is 0 Å². The molecule has 0 aliphatic heterocycles. The minimum atomic E-state index is -0.406. The monoisotopic (exact) mass is 342 g/mol. The van der Waals surface area contributed by atoms with Crippen LogP contribution in [0.5, 0.6) is 0 Å². The van der Waals surface area contributed by atoms with Crippen LogP contribution in [-0.4, -0.2) is 22.1 Å². The van der Waals surface area contributed by atoms with Crippen LogP contribution in [0.1, 0.15) is 17.4 Å². The van der Waals surface area contributed by atoms with E-state index >= 15 is 0 Å². The Balaban J connectivity index is 1.98. The lowest BCUT2D eigenvalue weighted by atomic mass is 10.1. The van der Waals surface area contributed by atoms with E-state index in [2.05, 4.69) is 27.8 Å². The number of carbonyl (C=O) groups is 1. The number of benzene rings is 2. The van der Waals surface area contributed by atoms with Crippen molar-refractivity contribution in [3.8, 4) is 16.9 Å². The van der Waals surface area contributed by atoms with E-state index in [1.807, 2.05) is 54.6 Å². The van der Waals surface area contributed by atoms with Gasteiger partial charge in [0.15, 0.2) is 5.69 Å². The average Bonchev–Trinajstić information content (AvgIpc) is 3.08. The minimum Gasteiger partial charge on any atom is -0.461 e. The highest BCUT2D eigenvalue weighted by Gasteiger charge is 2.16. The molecule has 4 aromatic rings. The number of ether oxygens (including phenoxy) is 1. The zero-order chi connectivity index (χ0) is 17.9. The van der Waals surface area contributed by atoms with E-state index in [1.54, 1.807) is 13.0 Å².